The Hall–Kier alpha value is -2.00. The summed E-state index contributed by atoms with van der Waals surface area (Å²) in [5, 5.41) is 20.3. The molecule has 1 heterocycles. The maximum absolute atomic E-state index is 10.2. The molecule has 0 saturated carbocycles. The third-order valence-electron chi connectivity index (χ3n) is 3.74. The zero-order valence-corrected chi connectivity index (χ0v) is 11.6. The lowest BCUT2D eigenvalue weighted by molar-refractivity contribution is -0.0229. The SMILES string of the molecule is CC(C)(O)[C@H]1Cc2c(O)cc(-c3ccccc3)cc2O1. The van der Waals surface area contributed by atoms with Crippen LogP contribution in [-0.4, -0.2) is 21.9 Å². The third-order valence-corrected chi connectivity index (χ3v) is 3.74. The number of hydrogen-bond acceptors (Lipinski definition) is 3. The van der Waals surface area contributed by atoms with Gasteiger partial charge in [0.1, 0.15) is 17.6 Å². The lowest BCUT2D eigenvalue weighted by Gasteiger charge is -2.24. The van der Waals surface area contributed by atoms with Crippen molar-refractivity contribution in [3.05, 3.63) is 48.0 Å². The zero-order chi connectivity index (χ0) is 14.3. The average molecular weight is 270 g/mol. The van der Waals surface area contributed by atoms with Crippen molar-refractivity contribution in [3.63, 3.8) is 0 Å². The van der Waals surface area contributed by atoms with Crippen molar-refractivity contribution in [1.29, 1.82) is 0 Å². The summed E-state index contributed by atoms with van der Waals surface area (Å²) < 4.78 is 5.80. The third kappa shape index (κ3) is 2.25. The summed E-state index contributed by atoms with van der Waals surface area (Å²) in [4.78, 5) is 0. The highest BCUT2D eigenvalue weighted by Gasteiger charge is 2.36. The van der Waals surface area contributed by atoms with Crippen LogP contribution in [0.15, 0.2) is 42.5 Å². The molecule has 2 aromatic carbocycles. The minimum absolute atomic E-state index is 0.230. The smallest absolute Gasteiger partial charge is 0.131 e. The van der Waals surface area contributed by atoms with Crippen LogP contribution in [0.4, 0.5) is 0 Å². The molecule has 3 heteroatoms. The number of rotatable bonds is 2. The van der Waals surface area contributed by atoms with E-state index >= 15 is 0 Å². The van der Waals surface area contributed by atoms with Crippen molar-refractivity contribution in [3.8, 4) is 22.6 Å². The Bertz CT molecular complexity index is 627. The molecule has 20 heavy (non-hydrogen) atoms. The highest BCUT2D eigenvalue weighted by atomic mass is 16.5. The predicted octanol–water partition coefficient (Wildman–Crippen LogP) is 3.13. The van der Waals surface area contributed by atoms with Gasteiger partial charge in [0.15, 0.2) is 0 Å². The van der Waals surface area contributed by atoms with Gasteiger partial charge in [-0.25, -0.2) is 0 Å². The number of hydrogen-bond donors (Lipinski definition) is 2. The summed E-state index contributed by atoms with van der Waals surface area (Å²) in [5.74, 6) is 0.893. The van der Waals surface area contributed by atoms with Gasteiger partial charge in [-0.1, -0.05) is 30.3 Å². The van der Waals surface area contributed by atoms with Crippen molar-refractivity contribution in [2.24, 2.45) is 0 Å². The van der Waals surface area contributed by atoms with Crippen molar-refractivity contribution in [1.82, 2.24) is 0 Å². The van der Waals surface area contributed by atoms with Gasteiger partial charge in [-0.05, 0) is 37.1 Å². The quantitative estimate of drug-likeness (QED) is 0.881. The van der Waals surface area contributed by atoms with Crippen LogP contribution in [0.25, 0.3) is 11.1 Å². The van der Waals surface area contributed by atoms with Crippen LogP contribution in [0, 0.1) is 0 Å². The number of phenolic OH excluding ortho intramolecular Hbond substituents is 1. The van der Waals surface area contributed by atoms with Crippen LogP contribution >= 0.6 is 0 Å². The minimum atomic E-state index is -0.932. The molecule has 0 aromatic heterocycles. The monoisotopic (exact) mass is 270 g/mol. The molecular formula is C17H18O3. The topological polar surface area (TPSA) is 49.7 Å². The van der Waals surface area contributed by atoms with Gasteiger partial charge in [-0.3, -0.25) is 0 Å². The molecule has 3 rings (SSSR count). The van der Waals surface area contributed by atoms with Gasteiger partial charge in [-0.2, -0.15) is 0 Å². The molecule has 0 fully saturated rings. The number of ether oxygens (including phenoxy) is 1. The fourth-order valence-corrected chi connectivity index (χ4v) is 2.51. The molecule has 104 valence electrons. The molecule has 1 aliphatic heterocycles. The largest absolute Gasteiger partial charge is 0.508 e. The van der Waals surface area contributed by atoms with Crippen LogP contribution < -0.4 is 4.74 Å². The summed E-state index contributed by atoms with van der Waals surface area (Å²) in [6.07, 6.45) is 0.203. The van der Waals surface area contributed by atoms with Crippen LogP contribution in [0.3, 0.4) is 0 Å². The van der Waals surface area contributed by atoms with E-state index in [9.17, 15) is 10.2 Å². The van der Waals surface area contributed by atoms with E-state index in [1.165, 1.54) is 0 Å². The number of fused-ring (bicyclic) bond motifs is 1. The lowest BCUT2D eigenvalue weighted by Crippen LogP contribution is -2.39. The lowest BCUT2D eigenvalue weighted by atomic mass is 9.95. The van der Waals surface area contributed by atoms with Gasteiger partial charge in [0.05, 0.1) is 5.60 Å². The van der Waals surface area contributed by atoms with E-state index in [0.717, 1.165) is 16.7 Å². The van der Waals surface area contributed by atoms with Gasteiger partial charge >= 0.3 is 0 Å². The molecule has 0 saturated heterocycles. The number of aromatic hydroxyl groups is 1. The van der Waals surface area contributed by atoms with Crippen molar-refractivity contribution in [2.45, 2.75) is 32.0 Å². The van der Waals surface area contributed by atoms with Crippen LogP contribution in [0.2, 0.25) is 0 Å². The van der Waals surface area contributed by atoms with E-state index in [1.54, 1.807) is 19.9 Å². The van der Waals surface area contributed by atoms with Gasteiger partial charge < -0.3 is 14.9 Å². The van der Waals surface area contributed by atoms with E-state index in [1.807, 2.05) is 36.4 Å². The summed E-state index contributed by atoms with van der Waals surface area (Å²) in [7, 11) is 0. The van der Waals surface area contributed by atoms with Gasteiger partial charge in [0.25, 0.3) is 0 Å². The van der Waals surface area contributed by atoms with E-state index < -0.39 is 5.60 Å². The summed E-state index contributed by atoms with van der Waals surface area (Å²) in [6.45, 7) is 3.44. The van der Waals surface area contributed by atoms with Gasteiger partial charge in [0.2, 0.25) is 0 Å². The summed E-state index contributed by atoms with van der Waals surface area (Å²) in [6, 6.07) is 13.5. The van der Waals surface area contributed by atoms with Crippen LogP contribution in [0.5, 0.6) is 11.5 Å². The molecular weight excluding hydrogens is 252 g/mol. The molecule has 3 nitrogen and oxygen atoms in total. The molecule has 0 spiro atoms. The molecule has 0 amide bonds. The second kappa shape index (κ2) is 4.53. The van der Waals surface area contributed by atoms with Crippen molar-refractivity contribution in [2.75, 3.05) is 0 Å². The molecule has 1 aliphatic rings. The second-order valence-electron chi connectivity index (χ2n) is 5.80. The number of aliphatic hydroxyl groups is 1. The Balaban J connectivity index is 2.00. The Labute approximate surface area is 118 Å². The Morgan fingerprint density at radius 2 is 1.80 bits per heavy atom. The van der Waals surface area contributed by atoms with Crippen LogP contribution in [-0.2, 0) is 6.42 Å². The fraction of sp³-hybridized carbons (Fsp3) is 0.294. The Morgan fingerprint density at radius 1 is 1.10 bits per heavy atom. The normalized spacial score (nSPS) is 17.6. The highest BCUT2D eigenvalue weighted by Crippen LogP contribution is 2.41. The first-order valence-electron chi connectivity index (χ1n) is 6.75. The molecule has 0 unspecified atom stereocenters. The summed E-state index contributed by atoms with van der Waals surface area (Å²) in [5.41, 5.74) is 1.79. The minimum Gasteiger partial charge on any atom is -0.508 e. The number of benzene rings is 2. The van der Waals surface area contributed by atoms with Gasteiger partial charge in [0, 0.05) is 12.0 Å². The fourth-order valence-electron chi connectivity index (χ4n) is 2.51. The Morgan fingerprint density at radius 3 is 2.45 bits per heavy atom. The van der Waals surface area contributed by atoms with Crippen molar-refractivity contribution >= 4 is 0 Å². The van der Waals surface area contributed by atoms with Gasteiger partial charge in [-0.15, -0.1) is 0 Å². The van der Waals surface area contributed by atoms with E-state index in [-0.39, 0.29) is 11.9 Å². The summed E-state index contributed by atoms with van der Waals surface area (Å²) >= 11 is 0. The van der Waals surface area contributed by atoms with E-state index in [2.05, 4.69) is 0 Å². The first kappa shape index (κ1) is 13.0. The second-order valence-corrected chi connectivity index (χ2v) is 5.80. The van der Waals surface area contributed by atoms with Crippen LogP contribution in [0.1, 0.15) is 19.4 Å². The molecule has 0 radical (unpaired) electrons. The molecule has 0 aliphatic carbocycles. The predicted molar refractivity (Wildman–Crippen MR) is 78.0 cm³/mol. The molecule has 0 bridgehead atoms. The first-order valence-corrected chi connectivity index (χ1v) is 6.75. The molecule has 2 aromatic rings. The maximum Gasteiger partial charge on any atom is 0.131 e. The zero-order valence-electron chi connectivity index (χ0n) is 11.6. The van der Waals surface area contributed by atoms with E-state index in [4.69, 9.17) is 4.74 Å². The standard InChI is InChI=1S/C17H18O3/c1-17(2,19)16-10-13-14(18)8-12(9-15(13)20-16)11-6-4-3-5-7-11/h3-9,16,18-19H,10H2,1-2H3/t16-/m1/s1. The molecule has 2 N–H and O–H groups in total. The first-order chi connectivity index (χ1) is 9.45. The van der Waals surface area contributed by atoms with E-state index in [0.29, 0.717) is 12.2 Å². The van der Waals surface area contributed by atoms with Crippen molar-refractivity contribution < 1.29 is 14.9 Å². The molecule has 1 atom stereocenters. The average Bonchev–Trinajstić information content (AvgIpc) is 2.84. The maximum atomic E-state index is 10.2. The number of phenols is 1. The Kier molecular flexibility index (Phi) is 2.94. The highest BCUT2D eigenvalue weighted by molar-refractivity contribution is 5.69.